The number of hydrogen-bond donors (Lipinski definition) is 0. The fraction of sp³-hybridized carbons (Fsp3) is 0.143. The number of aryl methyl sites for hydroxylation is 2. The van der Waals surface area contributed by atoms with Crippen LogP contribution >= 0.6 is 0 Å². The summed E-state index contributed by atoms with van der Waals surface area (Å²) in [6, 6.07) is 6.43. The maximum atomic E-state index is 3.97. The highest BCUT2D eigenvalue weighted by Crippen LogP contribution is 2.13. The second kappa shape index (κ2) is 4.71. The van der Waals surface area contributed by atoms with Crippen LogP contribution in [-0.2, 0) is 0 Å². The molecular formula is C14H14N2. The van der Waals surface area contributed by atoms with Crippen LogP contribution in [0.3, 0.4) is 0 Å². The SMILES string of the molecule is Cc1ccc(/C=C/c2cncnc2)c(C)c1. The molecule has 2 rings (SSSR count). The Hall–Kier alpha value is -1.96. The van der Waals surface area contributed by atoms with E-state index in [9.17, 15) is 0 Å². The molecule has 1 aromatic heterocycles. The van der Waals surface area contributed by atoms with Gasteiger partial charge in [0.2, 0.25) is 0 Å². The average molecular weight is 210 g/mol. The molecule has 0 unspecified atom stereocenters. The van der Waals surface area contributed by atoms with E-state index in [2.05, 4.69) is 48.1 Å². The molecule has 0 fully saturated rings. The van der Waals surface area contributed by atoms with Gasteiger partial charge in [-0.15, -0.1) is 0 Å². The summed E-state index contributed by atoms with van der Waals surface area (Å²) < 4.78 is 0. The second-order valence-corrected chi connectivity index (χ2v) is 3.87. The molecule has 0 bridgehead atoms. The smallest absolute Gasteiger partial charge is 0.115 e. The van der Waals surface area contributed by atoms with E-state index in [1.807, 2.05) is 6.08 Å². The highest BCUT2D eigenvalue weighted by molar-refractivity contribution is 5.70. The van der Waals surface area contributed by atoms with E-state index in [0.717, 1.165) is 5.56 Å². The summed E-state index contributed by atoms with van der Waals surface area (Å²) in [6.07, 6.45) is 9.25. The van der Waals surface area contributed by atoms with Crippen LogP contribution in [-0.4, -0.2) is 9.97 Å². The lowest BCUT2D eigenvalue weighted by Crippen LogP contribution is -1.82. The molecule has 0 N–H and O–H groups in total. The molecule has 0 aliphatic rings. The summed E-state index contributed by atoms with van der Waals surface area (Å²) in [5, 5.41) is 0. The summed E-state index contributed by atoms with van der Waals surface area (Å²) >= 11 is 0. The van der Waals surface area contributed by atoms with Crippen molar-refractivity contribution >= 4 is 12.2 Å². The fourth-order valence-electron chi connectivity index (χ4n) is 1.60. The third-order valence-electron chi connectivity index (χ3n) is 2.46. The van der Waals surface area contributed by atoms with Crippen LogP contribution < -0.4 is 0 Å². The van der Waals surface area contributed by atoms with Gasteiger partial charge in [-0.25, -0.2) is 9.97 Å². The van der Waals surface area contributed by atoms with Gasteiger partial charge in [0.15, 0.2) is 0 Å². The standard InChI is InChI=1S/C14H14N2/c1-11-3-5-14(12(2)7-11)6-4-13-8-15-10-16-9-13/h3-10H,1-2H3/b6-4+. The van der Waals surface area contributed by atoms with Crippen molar-refractivity contribution in [3.63, 3.8) is 0 Å². The molecule has 2 heteroatoms. The maximum absolute atomic E-state index is 3.97. The zero-order chi connectivity index (χ0) is 11.4. The van der Waals surface area contributed by atoms with Gasteiger partial charge in [0.25, 0.3) is 0 Å². The van der Waals surface area contributed by atoms with Crippen molar-refractivity contribution in [2.24, 2.45) is 0 Å². The highest BCUT2D eigenvalue weighted by Gasteiger charge is 1.94. The van der Waals surface area contributed by atoms with E-state index in [-0.39, 0.29) is 0 Å². The molecule has 0 radical (unpaired) electrons. The molecule has 0 amide bonds. The van der Waals surface area contributed by atoms with E-state index in [1.54, 1.807) is 12.4 Å². The third-order valence-corrected chi connectivity index (χ3v) is 2.46. The molecule has 2 aromatic rings. The molecule has 16 heavy (non-hydrogen) atoms. The molecule has 1 heterocycles. The van der Waals surface area contributed by atoms with Crippen LogP contribution in [0.25, 0.3) is 12.2 Å². The Kier molecular flexibility index (Phi) is 3.10. The lowest BCUT2D eigenvalue weighted by atomic mass is 10.0. The molecule has 0 aliphatic heterocycles. The molecule has 0 atom stereocenters. The molecule has 0 spiro atoms. The molecule has 80 valence electrons. The number of rotatable bonds is 2. The van der Waals surface area contributed by atoms with E-state index in [4.69, 9.17) is 0 Å². The van der Waals surface area contributed by atoms with Crippen LogP contribution in [0.2, 0.25) is 0 Å². The third kappa shape index (κ3) is 2.54. The minimum absolute atomic E-state index is 1.02. The van der Waals surface area contributed by atoms with Gasteiger partial charge in [-0.2, -0.15) is 0 Å². The number of aromatic nitrogens is 2. The minimum atomic E-state index is 1.02. The van der Waals surface area contributed by atoms with Crippen LogP contribution in [0.1, 0.15) is 22.3 Å². The first kappa shape index (κ1) is 10.6. The zero-order valence-corrected chi connectivity index (χ0v) is 9.51. The number of nitrogens with zero attached hydrogens (tertiary/aromatic N) is 2. The molecule has 2 nitrogen and oxygen atoms in total. The Bertz CT molecular complexity index is 501. The van der Waals surface area contributed by atoms with Crippen molar-refractivity contribution in [2.45, 2.75) is 13.8 Å². The quantitative estimate of drug-likeness (QED) is 0.760. The summed E-state index contributed by atoms with van der Waals surface area (Å²) in [5.41, 5.74) is 4.82. The first-order chi connectivity index (χ1) is 7.75. The van der Waals surface area contributed by atoms with Gasteiger partial charge in [0, 0.05) is 18.0 Å². The van der Waals surface area contributed by atoms with Gasteiger partial charge in [0.1, 0.15) is 6.33 Å². The van der Waals surface area contributed by atoms with Gasteiger partial charge < -0.3 is 0 Å². The van der Waals surface area contributed by atoms with E-state index >= 15 is 0 Å². The van der Waals surface area contributed by atoms with Crippen molar-refractivity contribution < 1.29 is 0 Å². The molecule has 0 saturated carbocycles. The minimum Gasteiger partial charge on any atom is -0.244 e. The molecule has 0 aliphatic carbocycles. The predicted molar refractivity (Wildman–Crippen MR) is 66.9 cm³/mol. The Balaban J connectivity index is 2.24. The Morgan fingerprint density at radius 3 is 2.44 bits per heavy atom. The number of hydrogen-bond acceptors (Lipinski definition) is 2. The van der Waals surface area contributed by atoms with Crippen molar-refractivity contribution in [3.8, 4) is 0 Å². The van der Waals surface area contributed by atoms with Crippen molar-refractivity contribution in [3.05, 3.63) is 59.2 Å². The maximum Gasteiger partial charge on any atom is 0.115 e. The van der Waals surface area contributed by atoms with E-state index < -0.39 is 0 Å². The average Bonchev–Trinajstić information content (AvgIpc) is 2.29. The summed E-state index contributed by atoms with van der Waals surface area (Å²) in [7, 11) is 0. The van der Waals surface area contributed by atoms with Gasteiger partial charge in [-0.3, -0.25) is 0 Å². The van der Waals surface area contributed by atoms with E-state index in [1.165, 1.54) is 23.0 Å². The first-order valence-electron chi connectivity index (χ1n) is 5.26. The topological polar surface area (TPSA) is 25.8 Å². The van der Waals surface area contributed by atoms with Crippen LogP contribution in [0.15, 0.2) is 36.9 Å². The Morgan fingerprint density at radius 1 is 1.00 bits per heavy atom. The highest BCUT2D eigenvalue weighted by atomic mass is 14.8. The fourth-order valence-corrected chi connectivity index (χ4v) is 1.60. The molecule has 1 aromatic carbocycles. The Labute approximate surface area is 95.7 Å². The van der Waals surface area contributed by atoms with Gasteiger partial charge in [-0.05, 0) is 25.0 Å². The predicted octanol–water partition coefficient (Wildman–Crippen LogP) is 3.26. The number of benzene rings is 1. The van der Waals surface area contributed by atoms with E-state index in [0.29, 0.717) is 0 Å². The summed E-state index contributed by atoms with van der Waals surface area (Å²) in [4.78, 5) is 7.94. The van der Waals surface area contributed by atoms with Crippen LogP contribution in [0.5, 0.6) is 0 Å². The molecule has 0 saturated heterocycles. The lowest BCUT2D eigenvalue weighted by molar-refractivity contribution is 1.16. The second-order valence-electron chi connectivity index (χ2n) is 3.87. The Morgan fingerprint density at radius 2 is 1.75 bits per heavy atom. The normalized spacial score (nSPS) is 10.9. The summed E-state index contributed by atoms with van der Waals surface area (Å²) in [5.74, 6) is 0. The van der Waals surface area contributed by atoms with Crippen molar-refractivity contribution in [1.82, 2.24) is 9.97 Å². The molecular weight excluding hydrogens is 196 g/mol. The van der Waals surface area contributed by atoms with Gasteiger partial charge in [0.05, 0.1) is 0 Å². The monoisotopic (exact) mass is 210 g/mol. The van der Waals surface area contributed by atoms with Crippen molar-refractivity contribution in [1.29, 1.82) is 0 Å². The van der Waals surface area contributed by atoms with Crippen LogP contribution in [0.4, 0.5) is 0 Å². The summed E-state index contributed by atoms with van der Waals surface area (Å²) in [6.45, 7) is 4.22. The van der Waals surface area contributed by atoms with Gasteiger partial charge >= 0.3 is 0 Å². The van der Waals surface area contributed by atoms with Crippen molar-refractivity contribution in [2.75, 3.05) is 0 Å². The first-order valence-corrected chi connectivity index (χ1v) is 5.26. The van der Waals surface area contributed by atoms with Crippen LogP contribution in [0, 0.1) is 13.8 Å². The van der Waals surface area contributed by atoms with Gasteiger partial charge in [-0.1, -0.05) is 35.9 Å². The largest absolute Gasteiger partial charge is 0.244 e. The lowest BCUT2D eigenvalue weighted by Gasteiger charge is -2.01. The zero-order valence-electron chi connectivity index (χ0n) is 9.51.